The maximum absolute atomic E-state index is 13.7. The number of fused-ring (bicyclic) bond motifs is 1. The van der Waals surface area contributed by atoms with Crippen molar-refractivity contribution in [1.29, 1.82) is 0 Å². The third-order valence-corrected chi connectivity index (χ3v) is 9.22. The summed E-state index contributed by atoms with van der Waals surface area (Å²) < 4.78 is 29.1. The molecule has 1 heterocycles. The van der Waals surface area contributed by atoms with Crippen LogP contribution in [0.5, 0.6) is 0 Å². The van der Waals surface area contributed by atoms with Crippen molar-refractivity contribution in [2.24, 2.45) is 0 Å². The Labute approximate surface area is 223 Å². The molecule has 194 valence electrons. The third-order valence-electron chi connectivity index (χ3n) is 6.08. The Balaban J connectivity index is 1.66. The van der Waals surface area contributed by atoms with Gasteiger partial charge in [0.05, 0.1) is 20.8 Å². The highest BCUT2D eigenvalue weighted by Gasteiger charge is 2.26. The molecule has 7 nitrogen and oxygen atoms in total. The minimum atomic E-state index is -3.78. The molecular formula is C28H32N4O3S2. The quantitative estimate of drug-likeness (QED) is 0.289. The molecule has 0 unspecified atom stereocenters. The van der Waals surface area contributed by atoms with E-state index < -0.39 is 10.0 Å². The first-order chi connectivity index (χ1) is 17.6. The van der Waals surface area contributed by atoms with Crippen molar-refractivity contribution in [2.75, 3.05) is 42.9 Å². The number of nitrogens with zero attached hydrogens (tertiary/aromatic N) is 4. The van der Waals surface area contributed by atoms with Crippen molar-refractivity contribution in [2.45, 2.75) is 25.7 Å². The summed E-state index contributed by atoms with van der Waals surface area (Å²) in [5.74, 6) is -0.213. The van der Waals surface area contributed by atoms with Gasteiger partial charge in [-0.3, -0.25) is 14.0 Å². The van der Waals surface area contributed by atoms with E-state index in [-0.39, 0.29) is 10.8 Å². The first-order valence-electron chi connectivity index (χ1n) is 12.1. The van der Waals surface area contributed by atoms with Crippen LogP contribution in [-0.2, 0) is 10.0 Å². The summed E-state index contributed by atoms with van der Waals surface area (Å²) in [6, 6.07) is 19.3. The molecule has 0 N–H and O–H groups in total. The van der Waals surface area contributed by atoms with Gasteiger partial charge in [-0.25, -0.2) is 13.4 Å². The van der Waals surface area contributed by atoms with Crippen LogP contribution in [0, 0.1) is 13.8 Å². The van der Waals surface area contributed by atoms with E-state index >= 15 is 0 Å². The molecule has 0 atom stereocenters. The van der Waals surface area contributed by atoms with E-state index in [4.69, 9.17) is 4.98 Å². The molecule has 0 radical (unpaired) electrons. The zero-order valence-corrected chi connectivity index (χ0v) is 23.4. The molecule has 0 saturated carbocycles. The van der Waals surface area contributed by atoms with Gasteiger partial charge in [-0.15, -0.1) is 0 Å². The van der Waals surface area contributed by atoms with E-state index in [9.17, 15) is 13.2 Å². The summed E-state index contributed by atoms with van der Waals surface area (Å²) in [6.45, 7) is 7.30. The van der Waals surface area contributed by atoms with Gasteiger partial charge in [0.2, 0.25) is 0 Å². The number of carbonyl (C=O) groups is 1. The molecule has 0 bridgehead atoms. The lowest BCUT2D eigenvalue weighted by atomic mass is 10.1. The number of aromatic nitrogens is 1. The predicted molar refractivity (Wildman–Crippen MR) is 152 cm³/mol. The van der Waals surface area contributed by atoms with Gasteiger partial charge in [-0.05, 0) is 88.5 Å². The number of sulfonamides is 1. The van der Waals surface area contributed by atoms with Crippen LogP contribution in [-0.4, -0.2) is 57.9 Å². The largest absolute Gasteiger partial charge is 0.308 e. The van der Waals surface area contributed by atoms with E-state index in [1.807, 2.05) is 50.2 Å². The topological polar surface area (TPSA) is 73.8 Å². The summed E-state index contributed by atoms with van der Waals surface area (Å²) in [7, 11) is 0.142. The van der Waals surface area contributed by atoms with Gasteiger partial charge in [0.15, 0.2) is 5.13 Å². The summed E-state index contributed by atoms with van der Waals surface area (Å²) in [6.07, 6.45) is 0. The molecule has 1 amide bonds. The van der Waals surface area contributed by atoms with Gasteiger partial charge in [0.25, 0.3) is 15.9 Å². The second-order valence-electron chi connectivity index (χ2n) is 9.22. The molecule has 0 fully saturated rings. The number of thiazole rings is 1. The van der Waals surface area contributed by atoms with Gasteiger partial charge in [0.1, 0.15) is 0 Å². The van der Waals surface area contributed by atoms with Crippen molar-refractivity contribution in [3.05, 3.63) is 83.4 Å². The highest BCUT2D eigenvalue weighted by molar-refractivity contribution is 7.92. The average molecular weight is 537 g/mol. The smallest absolute Gasteiger partial charge is 0.264 e. The van der Waals surface area contributed by atoms with Crippen LogP contribution >= 0.6 is 11.3 Å². The number of para-hydroxylation sites is 1. The van der Waals surface area contributed by atoms with E-state index in [0.29, 0.717) is 36.0 Å². The van der Waals surface area contributed by atoms with Crippen molar-refractivity contribution in [1.82, 2.24) is 9.88 Å². The lowest BCUT2D eigenvalue weighted by Crippen LogP contribution is -2.36. The van der Waals surface area contributed by atoms with Crippen molar-refractivity contribution in [3.63, 3.8) is 0 Å². The first kappa shape index (κ1) is 26.8. The normalized spacial score (nSPS) is 11.7. The highest BCUT2D eigenvalue weighted by atomic mass is 32.2. The molecule has 0 saturated heterocycles. The Morgan fingerprint density at radius 2 is 1.62 bits per heavy atom. The summed E-state index contributed by atoms with van der Waals surface area (Å²) in [5, 5.41) is 0.633. The van der Waals surface area contributed by atoms with Crippen molar-refractivity contribution in [3.8, 4) is 0 Å². The molecule has 3 aromatic carbocycles. The monoisotopic (exact) mass is 536 g/mol. The third kappa shape index (κ3) is 5.69. The molecular weight excluding hydrogens is 504 g/mol. The molecule has 0 aliphatic heterocycles. The standard InChI is InChI=1S/C28H32N4O3S2/c1-6-32(23-10-8-7-9-11-23)37(34,35)24-14-12-22(13-15-24)27(33)31(17-16-30(4)5)28-29-25-19-20(2)18-21(3)26(25)36-28/h7-15,18-19H,6,16-17H2,1-5H3. The Kier molecular flexibility index (Phi) is 7.96. The van der Waals surface area contributed by atoms with Gasteiger partial charge in [0, 0.05) is 25.2 Å². The van der Waals surface area contributed by atoms with Crippen LogP contribution < -0.4 is 9.21 Å². The lowest BCUT2D eigenvalue weighted by Gasteiger charge is -2.24. The van der Waals surface area contributed by atoms with Crippen LogP contribution in [0.25, 0.3) is 10.2 Å². The van der Waals surface area contributed by atoms with Gasteiger partial charge in [-0.1, -0.05) is 35.6 Å². The maximum Gasteiger partial charge on any atom is 0.264 e. The van der Waals surface area contributed by atoms with E-state index in [1.54, 1.807) is 36.1 Å². The SMILES string of the molecule is CCN(c1ccccc1)S(=O)(=O)c1ccc(C(=O)N(CCN(C)C)c2nc3cc(C)cc(C)c3s2)cc1. The minimum absolute atomic E-state index is 0.140. The Hall–Kier alpha value is -3.27. The van der Waals surface area contributed by atoms with E-state index in [2.05, 4.69) is 13.0 Å². The number of rotatable bonds is 9. The summed E-state index contributed by atoms with van der Waals surface area (Å²) >= 11 is 1.50. The number of carbonyl (C=O) groups excluding carboxylic acids is 1. The van der Waals surface area contributed by atoms with Crippen molar-refractivity contribution >= 4 is 48.3 Å². The predicted octanol–water partition coefficient (Wildman–Crippen LogP) is 5.34. The number of benzene rings is 3. The molecule has 9 heteroatoms. The summed E-state index contributed by atoms with van der Waals surface area (Å²) in [5.41, 5.74) is 4.14. The molecule has 0 aliphatic rings. The van der Waals surface area contributed by atoms with Crippen LogP contribution in [0.2, 0.25) is 0 Å². The minimum Gasteiger partial charge on any atom is -0.308 e. The highest BCUT2D eigenvalue weighted by Crippen LogP contribution is 2.33. The molecule has 4 rings (SSSR count). The van der Waals surface area contributed by atoms with Crippen LogP contribution in [0.1, 0.15) is 28.4 Å². The fourth-order valence-electron chi connectivity index (χ4n) is 4.20. The summed E-state index contributed by atoms with van der Waals surface area (Å²) in [4.78, 5) is 22.3. The van der Waals surface area contributed by atoms with Crippen LogP contribution in [0.15, 0.2) is 71.6 Å². The fourth-order valence-corrected chi connectivity index (χ4v) is 6.72. The first-order valence-corrected chi connectivity index (χ1v) is 14.4. The van der Waals surface area contributed by atoms with Crippen LogP contribution in [0.4, 0.5) is 10.8 Å². The van der Waals surface area contributed by atoms with Gasteiger partial charge >= 0.3 is 0 Å². The number of amides is 1. The average Bonchev–Trinajstić information content (AvgIpc) is 3.29. The van der Waals surface area contributed by atoms with Gasteiger partial charge < -0.3 is 4.90 Å². The molecule has 37 heavy (non-hydrogen) atoms. The lowest BCUT2D eigenvalue weighted by molar-refractivity contribution is 0.0985. The second-order valence-corrected chi connectivity index (χ2v) is 12.1. The zero-order chi connectivity index (χ0) is 26.7. The number of aryl methyl sites for hydroxylation is 2. The van der Waals surface area contributed by atoms with Crippen molar-refractivity contribution < 1.29 is 13.2 Å². The number of likely N-dealkylation sites (N-methyl/N-ethyl adjacent to an activating group) is 1. The fraction of sp³-hybridized carbons (Fsp3) is 0.286. The van der Waals surface area contributed by atoms with Gasteiger partial charge in [-0.2, -0.15) is 0 Å². The van der Waals surface area contributed by atoms with E-state index in [0.717, 1.165) is 21.3 Å². The molecule has 0 spiro atoms. The molecule has 4 aromatic rings. The Morgan fingerprint density at radius 1 is 0.946 bits per heavy atom. The second kappa shape index (κ2) is 11.0. The Morgan fingerprint density at radius 3 is 2.24 bits per heavy atom. The molecule has 0 aliphatic carbocycles. The Bertz CT molecular complexity index is 1500. The zero-order valence-electron chi connectivity index (χ0n) is 21.8. The maximum atomic E-state index is 13.7. The number of hydrogen-bond acceptors (Lipinski definition) is 6. The number of anilines is 2. The van der Waals surface area contributed by atoms with Crippen LogP contribution in [0.3, 0.4) is 0 Å². The van der Waals surface area contributed by atoms with E-state index in [1.165, 1.54) is 27.8 Å². The molecule has 1 aromatic heterocycles. The number of hydrogen-bond donors (Lipinski definition) is 0.